The number of methoxy groups -OCH3 is 1. The maximum absolute atomic E-state index is 11.6. The number of azo groups is 1. The van der Waals surface area contributed by atoms with Crippen molar-refractivity contribution in [3.63, 3.8) is 0 Å². The van der Waals surface area contributed by atoms with Crippen LogP contribution < -0.4 is 0 Å². The van der Waals surface area contributed by atoms with Crippen LogP contribution in [-0.4, -0.2) is 27.3 Å². The van der Waals surface area contributed by atoms with Gasteiger partial charge < -0.3 is 4.74 Å². The SMILES string of the molecule is COC(=O)c1ccccc1N=NCN=N[B]N=Nc1ccccc1C. The topological polar surface area (TPSA) is 100 Å². The van der Waals surface area contributed by atoms with E-state index in [0.29, 0.717) is 11.3 Å². The standard InChI is InChI=1S/C16H16BN6O2/c1-12-7-3-5-9-14(12)21-23-17-22-19-11-18-20-15-10-6-4-8-13(15)16(24)25-2/h3-10H,11H2,1-2H3. The Kier molecular flexibility index (Phi) is 7.11. The van der Waals surface area contributed by atoms with Gasteiger partial charge in [-0.25, -0.2) is 14.8 Å². The van der Waals surface area contributed by atoms with Crippen molar-refractivity contribution in [2.75, 3.05) is 13.8 Å². The van der Waals surface area contributed by atoms with Crippen LogP contribution in [0.25, 0.3) is 0 Å². The summed E-state index contributed by atoms with van der Waals surface area (Å²) in [7, 11) is 2.54. The number of nitrogens with zero attached hydrogens (tertiary/aromatic N) is 6. The summed E-state index contributed by atoms with van der Waals surface area (Å²) in [6.45, 7) is 1.95. The first-order valence-electron chi connectivity index (χ1n) is 7.42. The van der Waals surface area contributed by atoms with Crippen LogP contribution in [0.2, 0.25) is 0 Å². The summed E-state index contributed by atoms with van der Waals surface area (Å²) >= 11 is 0. The lowest BCUT2D eigenvalue weighted by Gasteiger charge is -2.01. The second-order valence-corrected chi connectivity index (χ2v) is 4.77. The number of carbonyl (C=O) groups excluding carboxylic acids is 1. The van der Waals surface area contributed by atoms with Crippen LogP contribution in [0, 0.1) is 6.92 Å². The van der Waals surface area contributed by atoms with Gasteiger partial charge in [0.15, 0.2) is 6.67 Å². The van der Waals surface area contributed by atoms with Gasteiger partial charge in [-0.15, -0.1) is 0 Å². The fourth-order valence-corrected chi connectivity index (χ4v) is 1.84. The van der Waals surface area contributed by atoms with Gasteiger partial charge >= 0.3 is 13.5 Å². The molecule has 0 aliphatic heterocycles. The summed E-state index contributed by atoms with van der Waals surface area (Å²) in [6, 6.07) is 14.4. The minimum absolute atomic E-state index is 0.00584. The fourth-order valence-electron chi connectivity index (χ4n) is 1.84. The molecule has 8 nitrogen and oxygen atoms in total. The number of aryl methyl sites for hydroxylation is 1. The minimum Gasteiger partial charge on any atom is -0.465 e. The van der Waals surface area contributed by atoms with Gasteiger partial charge in [0.25, 0.3) is 0 Å². The second-order valence-electron chi connectivity index (χ2n) is 4.77. The van der Waals surface area contributed by atoms with E-state index in [1.807, 2.05) is 31.2 Å². The Hall–Kier alpha value is -3.23. The first-order chi connectivity index (χ1) is 12.2. The third-order valence-corrected chi connectivity index (χ3v) is 3.08. The van der Waals surface area contributed by atoms with E-state index in [9.17, 15) is 4.79 Å². The van der Waals surface area contributed by atoms with Crippen molar-refractivity contribution in [1.29, 1.82) is 0 Å². The van der Waals surface area contributed by atoms with E-state index in [0.717, 1.165) is 11.3 Å². The van der Waals surface area contributed by atoms with E-state index >= 15 is 0 Å². The molecule has 0 amide bonds. The van der Waals surface area contributed by atoms with Gasteiger partial charge in [-0.1, -0.05) is 30.3 Å². The van der Waals surface area contributed by atoms with Crippen LogP contribution in [0.1, 0.15) is 15.9 Å². The molecule has 125 valence electrons. The van der Waals surface area contributed by atoms with Gasteiger partial charge in [0.05, 0.1) is 24.0 Å². The summed E-state index contributed by atoms with van der Waals surface area (Å²) in [4.78, 5) is 11.6. The predicted molar refractivity (Wildman–Crippen MR) is 93.5 cm³/mol. The van der Waals surface area contributed by atoms with Crippen molar-refractivity contribution >= 4 is 24.9 Å². The highest BCUT2D eigenvalue weighted by Crippen LogP contribution is 2.20. The molecule has 0 aromatic heterocycles. The number of benzene rings is 2. The van der Waals surface area contributed by atoms with Crippen LogP contribution in [0.5, 0.6) is 0 Å². The zero-order chi connectivity index (χ0) is 17.9. The molecule has 0 saturated heterocycles. The van der Waals surface area contributed by atoms with Gasteiger partial charge in [-0.3, -0.25) is 0 Å². The molecule has 25 heavy (non-hydrogen) atoms. The molecule has 2 rings (SSSR count). The van der Waals surface area contributed by atoms with E-state index in [-0.39, 0.29) is 6.67 Å². The average Bonchev–Trinajstić information content (AvgIpc) is 2.65. The van der Waals surface area contributed by atoms with Crippen LogP contribution >= 0.6 is 0 Å². The van der Waals surface area contributed by atoms with Crippen molar-refractivity contribution in [3.8, 4) is 0 Å². The smallest absolute Gasteiger partial charge is 0.465 e. The first kappa shape index (κ1) is 18.1. The van der Waals surface area contributed by atoms with Gasteiger partial charge in [-0.2, -0.15) is 20.5 Å². The highest BCUT2D eigenvalue weighted by molar-refractivity contribution is 6.29. The molecule has 0 N–H and O–H groups in total. The highest BCUT2D eigenvalue weighted by Gasteiger charge is 2.09. The van der Waals surface area contributed by atoms with E-state index in [1.54, 1.807) is 24.3 Å². The molecule has 2 aromatic carbocycles. The molecule has 0 saturated carbocycles. The first-order valence-corrected chi connectivity index (χ1v) is 7.42. The molecule has 0 spiro atoms. The number of hydrogen-bond donors (Lipinski definition) is 0. The van der Waals surface area contributed by atoms with Crippen LogP contribution in [0.3, 0.4) is 0 Å². The number of rotatable bonds is 7. The van der Waals surface area contributed by atoms with Gasteiger partial charge in [0, 0.05) is 0 Å². The molecule has 0 atom stereocenters. The van der Waals surface area contributed by atoms with E-state index in [2.05, 4.69) is 35.2 Å². The molecule has 0 fully saturated rings. The van der Waals surface area contributed by atoms with Gasteiger partial charge in [0.2, 0.25) is 0 Å². The quantitative estimate of drug-likeness (QED) is 0.420. The lowest BCUT2D eigenvalue weighted by Crippen LogP contribution is -2.00. The van der Waals surface area contributed by atoms with Crippen LogP contribution in [-0.2, 0) is 4.74 Å². The lowest BCUT2D eigenvalue weighted by molar-refractivity contribution is 0.0601. The Morgan fingerprint density at radius 3 is 2.44 bits per heavy atom. The fraction of sp³-hybridized carbons (Fsp3) is 0.188. The summed E-state index contributed by atoms with van der Waals surface area (Å²) in [5.74, 6) is -0.471. The maximum atomic E-state index is 11.6. The molecule has 9 heteroatoms. The lowest BCUT2D eigenvalue weighted by atomic mass is 10.2. The van der Waals surface area contributed by atoms with Gasteiger partial charge in [0.1, 0.15) is 0 Å². The second kappa shape index (κ2) is 9.81. The van der Waals surface area contributed by atoms with Crippen molar-refractivity contribution in [2.24, 2.45) is 30.5 Å². The Morgan fingerprint density at radius 1 is 0.960 bits per heavy atom. The molecular weight excluding hydrogens is 319 g/mol. The average molecular weight is 335 g/mol. The maximum Gasteiger partial charge on any atom is 0.485 e. The Morgan fingerprint density at radius 2 is 1.68 bits per heavy atom. The van der Waals surface area contributed by atoms with Gasteiger partial charge in [-0.05, 0) is 30.7 Å². The van der Waals surface area contributed by atoms with Crippen molar-refractivity contribution in [1.82, 2.24) is 0 Å². The molecule has 0 heterocycles. The molecular formula is C16H16BN6O2. The Balaban J connectivity index is 1.83. The molecule has 1 radical (unpaired) electrons. The monoisotopic (exact) mass is 335 g/mol. The molecule has 0 aliphatic carbocycles. The minimum atomic E-state index is -0.471. The van der Waals surface area contributed by atoms with Crippen molar-refractivity contribution in [2.45, 2.75) is 6.92 Å². The van der Waals surface area contributed by atoms with Crippen LogP contribution in [0.15, 0.2) is 79.0 Å². The zero-order valence-electron chi connectivity index (χ0n) is 13.9. The third kappa shape index (κ3) is 5.72. The predicted octanol–water partition coefficient (Wildman–Crippen LogP) is 4.59. The molecule has 2 aromatic rings. The van der Waals surface area contributed by atoms with Crippen molar-refractivity contribution < 1.29 is 9.53 Å². The largest absolute Gasteiger partial charge is 0.485 e. The van der Waals surface area contributed by atoms with E-state index < -0.39 is 5.97 Å². The molecule has 0 aliphatic rings. The molecule has 0 bridgehead atoms. The number of ether oxygens (including phenoxy) is 1. The Bertz CT molecular complexity index is 807. The summed E-state index contributed by atoms with van der Waals surface area (Å²) in [6.07, 6.45) is 0. The number of esters is 1. The normalized spacial score (nSPS) is 11.4. The van der Waals surface area contributed by atoms with E-state index in [1.165, 1.54) is 14.7 Å². The van der Waals surface area contributed by atoms with Crippen molar-refractivity contribution in [3.05, 3.63) is 59.7 Å². The Labute approximate surface area is 146 Å². The third-order valence-electron chi connectivity index (χ3n) is 3.08. The zero-order valence-corrected chi connectivity index (χ0v) is 13.9. The number of hydrogen-bond acceptors (Lipinski definition) is 8. The highest BCUT2D eigenvalue weighted by atomic mass is 16.5. The number of carbonyl (C=O) groups is 1. The van der Waals surface area contributed by atoms with E-state index in [4.69, 9.17) is 0 Å². The molecule has 0 unspecified atom stereocenters. The summed E-state index contributed by atoms with van der Waals surface area (Å²) in [5.41, 5.74) is 2.54. The summed E-state index contributed by atoms with van der Waals surface area (Å²) in [5, 5.41) is 23.1. The van der Waals surface area contributed by atoms with Crippen LogP contribution in [0.4, 0.5) is 11.4 Å². The summed E-state index contributed by atoms with van der Waals surface area (Å²) < 4.78 is 4.68.